The maximum atomic E-state index is 12.5. The Bertz CT molecular complexity index is 872. The molecule has 2 aliphatic heterocycles. The molecule has 3 heterocycles. The van der Waals surface area contributed by atoms with Crippen molar-refractivity contribution in [3.8, 4) is 0 Å². The molecule has 166 valence electrons. The van der Waals surface area contributed by atoms with Crippen molar-refractivity contribution in [1.29, 1.82) is 0 Å². The van der Waals surface area contributed by atoms with Gasteiger partial charge in [0.15, 0.2) is 5.96 Å². The summed E-state index contributed by atoms with van der Waals surface area (Å²) in [6.07, 6.45) is 2.24. The molecule has 2 N–H and O–H groups in total. The van der Waals surface area contributed by atoms with Crippen molar-refractivity contribution in [1.82, 2.24) is 15.5 Å². The molecule has 1 amide bonds. The Kier molecular flexibility index (Phi) is 7.43. The zero-order valence-corrected chi connectivity index (χ0v) is 18.9. The third-order valence-corrected chi connectivity index (χ3v) is 6.69. The van der Waals surface area contributed by atoms with Crippen LogP contribution in [0, 0.1) is 0 Å². The fourth-order valence-electron chi connectivity index (χ4n) is 4.04. The number of ether oxygens (including phenoxy) is 1. The van der Waals surface area contributed by atoms with Crippen LogP contribution in [-0.4, -0.2) is 69.2 Å². The van der Waals surface area contributed by atoms with Gasteiger partial charge in [-0.05, 0) is 48.1 Å². The molecule has 31 heavy (non-hydrogen) atoms. The van der Waals surface area contributed by atoms with E-state index in [4.69, 9.17) is 4.74 Å². The first-order chi connectivity index (χ1) is 15.2. The maximum Gasteiger partial charge on any atom is 0.251 e. The summed E-state index contributed by atoms with van der Waals surface area (Å²) in [7, 11) is 1.82. The van der Waals surface area contributed by atoms with Crippen LogP contribution >= 0.6 is 11.3 Å². The summed E-state index contributed by atoms with van der Waals surface area (Å²) in [5.41, 5.74) is 1.74. The van der Waals surface area contributed by atoms with Crippen molar-refractivity contribution >= 4 is 28.2 Å². The first-order valence-electron chi connectivity index (χ1n) is 11.0. The minimum atomic E-state index is -0.0496. The van der Waals surface area contributed by atoms with Gasteiger partial charge in [0.25, 0.3) is 5.91 Å². The Balaban J connectivity index is 1.27. The minimum absolute atomic E-state index is 0.0496. The number of hydrogen-bond acceptors (Lipinski definition) is 5. The van der Waals surface area contributed by atoms with Crippen LogP contribution in [0.5, 0.6) is 0 Å². The summed E-state index contributed by atoms with van der Waals surface area (Å²) in [5.74, 6) is 0.852. The van der Waals surface area contributed by atoms with Gasteiger partial charge in [0.2, 0.25) is 0 Å². The number of nitrogens with one attached hydrogen (secondary N) is 2. The Morgan fingerprint density at radius 2 is 2.06 bits per heavy atom. The molecule has 2 aromatic rings. The molecule has 8 heteroatoms. The molecule has 1 unspecified atom stereocenters. The number of amides is 1. The summed E-state index contributed by atoms with van der Waals surface area (Å²) in [4.78, 5) is 21.7. The molecule has 2 saturated heterocycles. The van der Waals surface area contributed by atoms with Crippen LogP contribution in [0.3, 0.4) is 0 Å². The highest BCUT2D eigenvalue weighted by atomic mass is 32.1. The second kappa shape index (κ2) is 10.6. The Labute approximate surface area is 188 Å². The predicted molar refractivity (Wildman–Crippen MR) is 126 cm³/mol. The Morgan fingerprint density at radius 3 is 2.77 bits per heavy atom. The highest BCUT2D eigenvalue weighted by Crippen LogP contribution is 2.22. The van der Waals surface area contributed by atoms with E-state index in [2.05, 4.69) is 42.9 Å². The molecule has 1 aromatic carbocycles. The summed E-state index contributed by atoms with van der Waals surface area (Å²) in [6, 6.07) is 12.0. The normalized spacial score (nSPS) is 19.5. The van der Waals surface area contributed by atoms with Gasteiger partial charge in [0.1, 0.15) is 0 Å². The summed E-state index contributed by atoms with van der Waals surface area (Å²) in [5, 5.41) is 9.90. The van der Waals surface area contributed by atoms with Gasteiger partial charge in [-0.1, -0.05) is 12.1 Å². The lowest BCUT2D eigenvalue weighted by atomic mass is 10.1. The smallest absolute Gasteiger partial charge is 0.251 e. The van der Waals surface area contributed by atoms with Crippen molar-refractivity contribution < 1.29 is 9.53 Å². The first-order valence-corrected chi connectivity index (χ1v) is 11.8. The minimum Gasteiger partial charge on any atom is -0.376 e. The van der Waals surface area contributed by atoms with E-state index in [9.17, 15) is 4.79 Å². The largest absolute Gasteiger partial charge is 0.376 e. The number of carbonyl (C=O) groups is 1. The van der Waals surface area contributed by atoms with E-state index < -0.39 is 0 Å². The fraction of sp³-hybridized carbons (Fsp3) is 0.478. The third-order valence-electron chi connectivity index (χ3n) is 5.76. The van der Waals surface area contributed by atoms with Crippen LogP contribution in [0.1, 0.15) is 28.8 Å². The quantitative estimate of drug-likeness (QED) is 0.533. The van der Waals surface area contributed by atoms with E-state index in [1.54, 1.807) is 11.3 Å². The lowest BCUT2D eigenvalue weighted by molar-refractivity contribution is 0.0857. The molecule has 1 atom stereocenters. The number of nitrogens with zero attached hydrogens (tertiary/aromatic N) is 3. The zero-order valence-electron chi connectivity index (χ0n) is 18.0. The zero-order chi connectivity index (χ0) is 21.5. The molecule has 0 spiro atoms. The number of aliphatic imine (C=N–C) groups is 1. The second-order valence-electron chi connectivity index (χ2n) is 7.87. The lowest BCUT2D eigenvalue weighted by Crippen LogP contribution is -2.52. The molecule has 0 aliphatic carbocycles. The number of benzene rings is 1. The van der Waals surface area contributed by atoms with Crippen LogP contribution in [0.4, 0.5) is 5.00 Å². The molecule has 1 aromatic heterocycles. The third kappa shape index (κ3) is 5.77. The predicted octanol–water partition coefficient (Wildman–Crippen LogP) is 2.55. The number of rotatable bonds is 6. The highest BCUT2D eigenvalue weighted by Gasteiger charge is 2.20. The van der Waals surface area contributed by atoms with Gasteiger partial charge in [-0.3, -0.25) is 9.79 Å². The van der Waals surface area contributed by atoms with Crippen LogP contribution in [0.15, 0.2) is 46.8 Å². The second-order valence-corrected chi connectivity index (χ2v) is 8.80. The summed E-state index contributed by atoms with van der Waals surface area (Å²) < 4.78 is 5.58. The molecular formula is C23H31N5O2S. The average Bonchev–Trinajstić information content (AvgIpc) is 3.53. The molecule has 0 radical (unpaired) electrons. The van der Waals surface area contributed by atoms with Gasteiger partial charge in [0.05, 0.1) is 11.1 Å². The van der Waals surface area contributed by atoms with Crippen molar-refractivity contribution in [2.75, 3.05) is 51.3 Å². The molecule has 0 bridgehead atoms. The van der Waals surface area contributed by atoms with E-state index in [0.29, 0.717) is 18.7 Å². The van der Waals surface area contributed by atoms with E-state index in [1.807, 2.05) is 31.3 Å². The average molecular weight is 442 g/mol. The van der Waals surface area contributed by atoms with Crippen LogP contribution in [0.2, 0.25) is 0 Å². The van der Waals surface area contributed by atoms with Crippen LogP contribution in [-0.2, 0) is 11.3 Å². The number of hydrogen-bond donors (Lipinski definition) is 2. The monoisotopic (exact) mass is 441 g/mol. The van der Waals surface area contributed by atoms with Crippen molar-refractivity contribution in [3.63, 3.8) is 0 Å². The van der Waals surface area contributed by atoms with E-state index in [0.717, 1.165) is 57.2 Å². The number of guanidine groups is 1. The lowest BCUT2D eigenvalue weighted by Gasteiger charge is -2.37. The van der Waals surface area contributed by atoms with E-state index in [-0.39, 0.29) is 12.0 Å². The molecular weight excluding hydrogens is 410 g/mol. The topological polar surface area (TPSA) is 69.2 Å². The molecule has 2 fully saturated rings. The number of thiophene rings is 1. The van der Waals surface area contributed by atoms with Gasteiger partial charge in [0, 0.05) is 58.5 Å². The SMILES string of the molecule is CN=C(NCc1cccc(C(=O)NCC2CCCO2)c1)N1CCN(c2cccs2)CC1. The van der Waals surface area contributed by atoms with Crippen LogP contribution < -0.4 is 15.5 Å². The van der Waals surface area contributed by atoms with Gasteiger partial charge in [-0.25, -0.2) is 0 Å². The van der Waals surface area contributed by atoms with Crippen molar-refractivity contribution in [2.24, 2.45) is 4.99 Å². The van der Waals surface area contributed by atoms with E-state index in [1.165, 1.54) is 5.00 Å². The van der Waals surface area contributed by atoms with Crippen LogP contribution in [0.25, 0.3) is 0 Å². The molecule has 2 aliphatic rings. The summed E-state index contributed by atoms with van der Waals surface area (Å²) in [6.45, 7) is 5.85. The van der Waals surface area contributed by atoms with Gasteiger partial charge in [-0.2, -0.15) is 0 Å². The Hall–Kier alpha value is -2.58. The number of piperazine rings is 1. The molecule has 7 nitrogen and oxygen atoms in total. The Morgan fingerprint density at radius 1 is 1.19 bits per heavy atom. The van der Waals surface area contributed by atoms with Crippen molar-refractivity contribution in [3.05, 3.63) is 52.9 Å². The standard InChI is InChI=1S/C23H31N5O2S/c1-24-23(28-11-9-27(10-12-28)21-8-4-14-31-21)26-16-18-5-2-6-19(15-18)22(29)25-17-20-7-3-13-30-20/h2,4-6,8,14-15,20H,3,7,9-13,16-17H2,1H3,(H,24,26)(H,25,29). The molecule has 0 saturated carbocycles. The van der Waals surface area contributed by atoms with E-state index >= 15 is 0 Å². The molecule has 4 rings (SSSR count). The van der Waals surface area contributed by atoms with Gasteiger partial charge < -0.3 is 25.2 Å². The van der Waals surface area contributed by atoms with Gasteiger partial charge in [-0.15, -0.1) is 11.3 Å². The summed E-state index contributed by atoms with van der Waals surface area (Å²) >= 11 is 1.79. The van der Waals surface area contributed by atoms with Crippen molar-refractivity contribution in [2.45, 2.75) is 25.5 Å². The highest BCUT2D eigenvalue weighted by molar-refractivity contribution is 7.14. The first kappa shape index (κ1) is 21.6. The number of carbonyl (C=O) groups excluding carboxylic acids is 1. The van der Waals surface area contributed by atoms with Gasteiger partial charge >= 0.3 is 0 Å². The fourth-order valence-corrected chi connectivity index (χ4v) is 4.82. The maximum absolute atomic E-state index is 12.5. The number of anilines is 1.